The molecule has 3 aromatic rings. The SMILES string of the molecule is C[C@@](O)(CS(=O)(=O)c1ccccc1-c1ccc(O)cc1)C(=O)Nc1ccc(C#N)c(C(F)(F)F)c1. The van der Waals surface area contributed by atoms with Crippen molar-refractivity contribution in [1.82, 2.24) is 0 Å². The molecule has 0 radical (unpaired) electrons. The average molecular weight is 504 g/mol. The van der Waals surface area contributed by atoms with E-state index < -0.39 is 44.4 Å². The van der Waals surface area contributed by atoms with Gasteiger partial charge in [0.05, 0.1) is 27.8 Å². The summed E-state index contributed by atoms with van der Waals surface area (Å²) in [5.74, 6) is -2.34. The number of aromatic hydroxyl groups is 1. The summed E-state index contributed by atoms with van der Waals surface area (Å²) in [4.78, 5) is 12.5. The Morgan fingerprint density at radius 1 is 1.06 bits per heavy atom. The number of amides is 1. The monoisotopic (exact) mass is 504 g/mol. The Balaban J connectivity index is 1.89. The standard InChI is InChI=1S/C24H19F3N2O5S/c1-23(32,22(31)29-17-9-6-16(13-28)20(12-17)24(25,26)27)14-35(33,34)21-5-3-2-4-19(21)15-7-10-18(30)11-8-15/h2-12,30,32H,14H2,1H3,(H,29,31)/t23-/m1/s1. The van der Waals surface area contributed by atoms with Crippen LogP contribution in [0.2, 0.25) is 0 Å². The summed E-state index contributed by atoms with van der Waals surface area (Å²) in [6.07, 6.45) is -4.87. The molecule has 11 heteroatoms. The van der Waals surface area contributed by atoms with Crippen molar-refractivity contribution in [3.05, 3.63) is 77.9 Å². The number of carbonyl (C=O) groups excluding carboxylic acids is 1. The molecule has 0 spiro atoms. The molecule has 0 aliphatic carbocycles. The highest BCUT2D eigenvalue weighted by atomic mass is 32.2. The highest BCUT2D eigenvalue weighted by Gasteiger charge is 2.38. The fraction of sp³-hybridized carbons (Fsp3) is 0.167. The third kappa shape index (κ3) is 5.79. The molecule has 35 heavy (non-hydrogen) atoms. The van der Waals surface area contributed by atoms with Gasteiger partial charge in [0, 0.05) is 11.3 Å². The van der Waals surface area contributed by atoms with Crippen LogP contribution >= 0.6 is 0 Å². The lowest BCUT2D eigenvalue weighted by Crippen LogP contribution is -2.45. The zero-order valence-electron chi connectivity index (χ0n) is 18.2. The van der Waals surface area contributed by atoms with Crippen LogP contribution in [0.4, 0.5) is 18.9 Å². The van der Waals surface area contributed by atoms with E-state index in [1.54, 1.807) is 6.07 Å². The quantitative estimate of drug-likeness (QED) is 0.464. The number of halogens is 3. The van der Waals surface area contributed by atoms with E-state index in [-0.39, 0.29) is 21.9 Å². The first-order chi connectivity index (χ1) is 16.2. The van der Waals surface area contributed by atoms with Crippen LogP contribution in [0, 0.1) is 11.3 Å². The zero-order chi connectivity index (χ0) is 26.0. The van der Waals surface area contributed by atoms with Crippen LogP contribution in [-0.2, 0) is 20.8 Å². The largest absolute Gasteiger partial charge is 0.508 e. The predicted octanol–water partition coefficient (Wildman–Crippen LogP) is 4.11. The van der Waals surface area contributed by atoms with Gasteiger partial charge in [-0.1, -0.05) is 30.3 Å². The molecule has 0 fully saturated rings. The first-order valence-corrected chi connectivity index (χ1v) is 11.7. The van der Waals surface area contributed by atoms with Gasteiger partial charge in [-0.2, -0.15) is 18.4 Å². The molecule has 1 atom stereocenters. The van der Waals surface area contributed by atoms with Crippen LogP contribution in [0.25, 0.3) is 11.1 Å². The van der Waals surface area contributed by atoms with Gasteiger partial charge in [0.1, 0.15) is 5.75 Å². The van der Waals surface area contributed by atoms with Gasteiger partial charge in [0.15, 0.2) is 15.4 Å². The van der Waals surface area contributed by atoms with Crippen molar-refractivity contribution >= 4 is 21.4 Å². The van der Waals surface area contributed by atoms with E-state index in [1.807, 2.05) is 0 Å². The van der Waals surface area contributed by atoms with Crippen molar-refractivity contribution in [2.45, 2.75) is 23.6 Å². The Morgan fingerprint density at radius 3 is 2.29 bits per heavy atom. The second-order valence-corrected chi connectivity index (χ2v) is 9.86. The number of alkyl halides is 3. The van der Waals surface area contributed by atoms with Crippen LogP contribution < -0.4 is 5.32 Å². The summed E-state index contributed by atoms with van der Waals surface area (Å²) >= 11 is 0. The first kappa shape index (κ1) is 25.7. The maximum atomic E-state index is 13.2. The van der Waals surface area contributed by atoms with Crippen LogP contribution in [0.5, 0.6) is 5.75 Å². The predicted molar refractivity (Wildman–Crippen MR) is 121 cm³/mol. The van der Waals surface area contributed by atoms with Gasteiger partial charge in [-0.05, 0) is 48.9 Å². The second kappa shape index (κ2) is 9.40. The lowest BCUT2D eigenvalue weighted by atomic mass is 10.1. The number of phenols is 1. The molecule has 3 aromatic carbocycles. The Labute approximate surface area is 199 Å². The lowest BCUT2D eigenvalue weighted by Gasteiger charge is -2.23. The molecule has 7 nitrogen and oxygen atoms in total. The number of carbonyl (C=O) groups is 1. The van der Waals surface area contributed by atoms with E-state index in [9.17, 15) is 36.6 Å². The van der Waals surface area contributed by atoms with Gasteiger partial charge < -0.3 is 15.5 Å². The minimum Gasteiger partial charge on any atom is -0.508 e. The van der Waals surface area contributed by atoms with Gasteiger partial charge in [-0.15, -0.1) is 0 Å². The molecule has 0 bridgehead atoms. The molecular weight excluding hydrogens is 485 g/mol. The van der Waals surface area contributed by atoms with E-state index in [1.165, 1.54) is 48.5 Å². The fourth-order valence-corrected chi connectivity index (χ4v) is 5.18. The number of aliphatic hydroxyl groups is 1. The molecule has 0 unspecified atom stereocenters. The van der Waals surface area contributed by atoms with Gasteiger partial charge in [0.2, 0.25) is 0 Å². The molecule has 0 heterocycles. The van der Waals surface area contributed by atoms with E-state index in [0.29, 0.717) is 11.6 Å². The van der Waals surface area contributed by atoms with Crippen molar-refractivity contribution in [1.29, 1.82) is 5.26 Å². The van der Waals surface area contributed by atoms with Crippen molar-refractivity contribution in [3.63, 3.8) is 0 Å². The number of nitrogens with zero attached hydrogens (tertiary/aromatic N) is 1. The third-order valence-electron chi connectivity index (χ3n) is 5.06. The number of rotatable bonds is 6. The van der Waals surface area contributed by atoms with Gasteiger partial charge in [-0.3, -0.25) is 4.79 Å². The number of hydrogen-bond donors (Lipinski definition) is 3. The summed E-state index contributed by atoms with van der Waals surface area (Å²) < 4.78 is 65.9. The highest BCUT2D eigenvalue weighted by Crippen LogP contribution is 2.34. The molecule has 0 saturated heterocycles. The van der Waals surface area contributed by atoms with Crippen molar-refractivity contribution < 1.29 is 36.6 Å². The molecule has 3 N–H and O–H groups in total. The summed E-state index contributed by atoms with van der Waals surface area (Å²) in [7, 11) is -4.28. The Bertz CT molecular complexity index is 1410. The smallest absolute Gasteiger partial charge is 0.417 e. The van der Waals surface area contributed by atoms with Gasteiger partial charge in [-0.25, -0.2) is 8.42 Å². The Morgan fingerprint density at radius 2 is 1.69 bits per heavy atom. The molecular formula is C24H19F3N2O5S. The van der Waals surface area contributed by atoms with Gasteiger partial charge >= 0.3 is 6.18 Å². The van der Waals surface area contributed by atoms with E-state index in [2.05, 4.69) is 5.32 Å². The molecule has 0 saturated carbocycles. The molecule has 182 valence electrons. The number of benzene rings is 3. The number of phenolic OH excluding ortho intramolecular Hbond substituents is 1. The molecule has 0 aliphatic heterocycles. The van der Waals surface area contributed by atoms with E-state index in [4.69, 9.17) is 5.26 Å². The number of nitriles is 1. The maximum absolute atomic E-state index is 13.2. The van der Waals surface area contributed by atoms with Crippen molar-refractivity contribution in [3.8, 4) is 22.9 Å². The van der Waals surface area contributed by atoms with Crippen LogP contribution in [-0.4, -0.2) is 35.9 Å². The number of sulfone groups is 1. The minimum absolute atomic E-state index is 0.0230. The Kier molecular flexibility index (Phi) is 6.91. The lowest BCUT2D eigenvalue weighted by molar-refractivity contribution is -0.137. The van der Waals surface area contributed by atoms with E-state index >= 15 is 0 Å². The first-order valence-electron chi connectivity index (χ1n) is 10.0. The normalized spacial score (nSPS) is 13.5. The van der Waals surface area contributed by atoms with Crippen molar-refractivity contribution in [2.75, 3.05) is 11.1 Å². The summed E-state index contributed by atoms with van der Waals surface area (Å²) in [5, 5.41) is 31.1. The fourth-order valence-electron chi connectivity index (χ4n) is 3.35. The number of nitrogens with one attached hydrogen (secondary N) is 1. The van der Waals surface area contributed by atoms with Crippen molar-refractivity contribution in [2.24, 2.45) is 0 Å². The molecule has 0 aliphatic rings. The Hall–Kier alpha value is -3.88. The number of hydrogen-bond acceptors (Lipinski definition) is 6. The van der Waals surface area contributed by atoms with Crippen LogP contribution in [0.3, 0.4) is 0 Å². The van der Waals surface area contributed by atoms with Crippen LogP contribution in [0.15, 0.2) is 71.6 Å². The van der Waals surface area contributed by atoms with E-state index in [0.717, 1.165) is 19.1 Å². The van der Waals surface area contributed by atoms with Crippen LogP contribution in [0.1, 0.15) is 18.1 Å². The molecule has 0 aromatic heterocycles. The molecule has 1 amide bonds. The average Bonchev–Trinajstić information content (AvgIpc) is 2.78. The maximum Gasteiger partial charge on any atom is 0.417 e. The highest BCUT2D eigenvalue weighted by molar-refractivity contribution is 7.91. The summed E-state index contributed by atoms with van der Waals surface area (Å²) in [6.45, 7) is 0.928. The summed E-state index contributed by atoms with van der Waals surface area (Å²) in [5.41, 5.74) is -4.10. The van der Waals surface area contributed by atoms with Gasteiger partial charge in [0.25, 0.3) is 5.91 Å². The minimum atomic E-state index is -4.87. The topological polar surface area (TPSA) is 127 Å². The zero-order valence-corrected chi connectivity index (χ0v) is 19.0. The number of anilines is 1. The third-order valence-corrected chi connectivity index (χ3v) is 7.03. The summed E-state index contributed by atoms with van der Waals surface area (Å²) in [6, 6.07) is 15.4. The second-order valence-electron chi connectivity index (χ2n) is 7.90. The molecule has 3 rings (SSSR count).